The van der Waals surface area contributed by atoms with E-state index in [-0.39, 0.29) is 10.6 Å². The highest BCUT2D eigenvalue weighted by Crippen LogP contribution is 2.31. The highest BCUT2D eigenvalue weighted by atomic mass is 16.6. The van der Waals surface area contributed by atoms with Gasteiger partial charge in [-0.25, -0.2) is 4.52 Å². The Kier molecular flexibility index (Phi) is 4.45. The van der Waals surface area contributed by atoms with E-state index in [0.717, 1.165) is 11.0 Å². The molecule has 2 aromatic rings. The molecule has 1 saturated heterocycles. The van der Waals surface area contributed by atoms with Gasteiger partial charge in [0, 0.05) is 6.20 Å². The molecule has 0 spiro atoms. The second kappa shape index (κ2) is 6.39. The van der Waals surface area contributed by atoms with Crippen molar-refractivity contribution < 1.29 is 9.41 Å². The van der Waals surface area contributed by atoms with Crippen LogP contribution in [0, 0.1) is 10.1 Å². The number of anilines is 1. The Morgan fingerprint density at radius 2 is 2.08 bits per heavy atom. The Labute approximate surface area is 142 Å². The lowest BCUT2D eigenvalue weighted by Gasteiger charge is -2.48. The summed E-state index contributed by atoms with van der Waals surface area (Å²) in [5.74, 6) is 0.357. The van der Waals surface area contributed by atoms with Crippen LogP contribution in [0.1, 0.15) is 33.1 Å². The molecule has 0 aromatic carbocycles. The number of likely N-dealkylation sites (N-methyl/N-ethyl adjacent to an activating group) is 1. The highest BCUT2D eigenvalue weighted by molar-refractivity contribution is 5.76. The number of nitrogens with zero attached hydrogens (tertiary/aromatic N) is 4. The number of quaternary nitrogens is 1. The Morgan fingerprint density at radius 1 is 1.38 bits per heavy atom. The van der Waals surface area contributed by atoms with Gasteiger partial charge in [0.25, 0.3) is 0 Å². The third-order valence-corrected chi connectivity index (χ3v) is 5.84. The summed E-state index contributed by atoms with van der Waals surface area (Å²) in [6.07, 6.45) is 5.52. The maximum absolute atomic E-state index is 11.4. The van der Waals surface area contributed by atoms with E-state index in [0.29, 0.717) is 30.0 Å². The van der Waals surface area contributed by atoms with Gasteiger partial charge in [0.2, 0.25) is 5.82 Å². The number of hydrogen-bond donors (Lipinski definition) is 1. The summed E-state index contributed by atoms with van der Waals surface area (Å²) in [5, 5.41) is 19.0. The smallest absolute Gasteiger partial charge is 0.338 e. The molecule has 1 fully saturated rings. The molecular formula is C17H26N5O2+. The van der Waals surface area contributed by atoms with E-state index in [4.69, 9.17) is 0 Å². The van der Waals surface area contributed by atoms with Crippen LogP contribution in [0.3, 0.4) is 0 Å². The van der Waals surface area contributed by atoms with Crippen LogP contribution in [0.5, 0.6) is 0 Å². The van der Waals surface area contributed by atoms with Crippen molar-refractivity contribution in [3.8, 4) is 0 Å². The third-order valence-electron chi connectivity index (χ3n) is 5.84. The first-order valence-electron chi connectivity index (χ1n) is 8.64. The zero-order valence-corrected chi connectivity index (χ0v) is 14.6. The van der Waals surface area contributed by atoms with E-state index >= 15 is 0 Å². The van der Waals surface area contributed by atoms with Crippen molar-refractivity contribution in [2.75, 3.05) is 25.5 Å². The number of nitro groups is 1. The molecule has 1 aliphatic rings. The fraction of sp³-hybridized carbons (Fsp3) is 0.588. The largest absolute Gasteiger partial charge is 0.357 e. The average molecular weight is 332 g/mol. The summed E-state index contributed by atoms with van der Waals surface area (Å²) < 4.78 is 2.57. The number of pyridine rings is 1. The van der Waals surface area contributed by atoms with E-state index in [1.807, 2.05) is 6.07 Å². The van der Waals surface area contributed by atoms with Crippen molar-refractivity contribution in [2.45, 2.75) is 45.2 Å². The number of nitrogens with one attached hydrogen (secondary N) is 1. The summed E-state index contributed by atoms with van der Waals surface area (Å²) in [5.41, 5.74) is 0.572. The average Bonchev–Trinajstić information content (AvgIpc) is 2.91. The molecule has 2 aromatic heterocycles. The minimum Gasteiger partial charge on any atom is -0.357 e. The van der Waals surface area contributed by atoms with Crippen molar-refractivity contribution >= 4 is 17.0 Å². The molecule has 0 bridgehead atoms. The summed E-state index contributed by atoms with van der Waals surface area (Å²) in [4.78, 5) is 11.1. The Hall–Kier alpha value is -2.15. The molecule has 1 N–H and O–H groups in total. The van der Waals surface area contributed by atoms with Crippen LogP contribution < -0.4 is 5.32 Å². The second-order valence-corrected chi connectivity index (χ2v) is 7.11. The second-order valence-electron chi connectivity index (χ2n) is 7.11. The van der Waals surface area contributed by atoms with Gasteiger partial charge in [-0.1, -0.05) is 6.07 Å². The molecule has 3 heterocycles. The Morgan fingerprint density at radius 3 is 2.75 bits per heavy atom. The molecule has 130 valence electrons. The van der Waals surface area contributed by atoms with Gasteiger partial charge in [0.1, 0.15) is 5.52 Å². The van der Waals surface area contributed by atoms with Crippen LogP contribution in [0.15, 0.2) is 24.4 Å². The van der Waals surface area contributed by atoms with Gasteiger partial charge in [-0.2, -0.15) is 0 Å². The predicted octanol–water partition coefficient (Wildman–Crippen LogP) is 3.06. The standard InChI is InChI=1S/C17H26N5O2/c1-13-7-6-8-14(2)22(13,3)12-10-18-17-16(21(23)24)15-9-4-5-11-20(15)19-17/h4-5,9,11,13-14H,6-8,10,12H2,1-3H3,(H,18,19)/q+1. The quantitative estimate of drug-likeness (QED) is 0.519. The SMILES string of the molecule is CC1CCCC(C)[N+]1(C)CCNc1nn2ccccc2c1[N+](=O)[O-]. The van der Waals surface area contributed by atoms with Crippen LogP contribution in [0.25, 0.3) is 5.52 Å². The lowest BCUT2D eigenvalue weighted by atomic mass is 9.94. The molecular weight excluding hydrogens is 306 g/mol. The zero-order valence-electron chi connectivity index (χ0n) is 14.6. The molecule has 7 nitrogen and oxygen atoms in total. The van der Waals surface area contributed by atoms with Crippen LogP contribution in [0.4, 0.5) is 11.5 Å². The molecule has 0 radical (unpaired) electrons. The van der Waals surface area contributed by atoms with E-state index in [2.05, 4.69) is 31.3 Å². The van der Waals surface area contributed by atoms with Gasteiger partial charge in [0.05, 0.1) is 37.1 Å². The van der Waals surface area contributed by atoms with E-state index in [1.165, 1.54) is 19.3 Å². The number of hydrogen-bond acceptors (Lipinski definition) is 4. The van der Waals surface area contributed by atoms with Crippen molar-refractivity contribution in [1.82, 2.24) is 9.61 Å². The first-order chi connectivity index (χ1) is 11.4. The Bertz CT molecular complexity index is 732. The van der Waals surface area contributed by atoms with Gasteiger partial charge >= 0.3 is 5.69 Å². The predicted molar refractivity (Wildman–Crippen MR) is 94.2 cm³/mol. The van der Waals surface area contributed by atoms with Crippen LogP contribution in [-0.4, -0.2) is 51.2 Å². The molecule has 2 unspecified atom stereocenters. The lowest BCUT2D eigenvalue weighted by Crippen LogP contribution is -2.60. The monoisotopic (exact) mass is 332 g/mol. The van der Waals surface area contributed by atoms with E-state index in [9.17, 15) is 10.1 Å². The number of likely N-dealkylation sites (tertiary alicyclic amines) is 1. The summed E-state index contributed by atoms with van der Waals surface area (Å²) in [7, 11) is 2.30. The van der Waals surface area contributed by atoms with Gasteiger partial charge in [-0.3, -0.25) is 10.1 Å². The maximum Gasteiger partial charge on any atom is 0.338 e. The number of rotatable bonds is 5. The third kappa shape index (κ3) is 2.84. The summed E-state index contributed by atoms with van der Waals surface area (Å²) >= 11 is 0. The zero-order chi connectivity index (χ0) is 17.3. The maximum atomic E-state index is 11.4. The van der Waals surface area contributed by atoms with Crippen molar-refractivity contribution in [1.29, 1.82) is 0 Å². The van der Waals surface area contributed by atoms with Crippen LogP contribution in [0.2, 0.25) is 0 Å². The summed E-state index contributed by atoms with van der Waals surface area (Å²) in [6, 6.07) is 6.56. The minimum atomic E-state index is -0.354. The van der Waals surface area contributed by atoms with E-state index < -0.39 is 0 Å². The summed E-state index contributed by atoms with van der Waals surface area (Å²) in [6.45, 7) is 6.23. The molecule has 0 aliphatic carbocycles. The molecule has 1 aliphatic heterocycles. The van der Waals surface area contributed by atoms with Crippen molar-refractivity contribution in [3.63, 3.8) is 0 Å². The molecule has 2 atom stereocenters. The molecule has 0 saturated carbocycles. The van der Waals surface area contributed by atoms with Gasteiger partial charge < -0.3 is 9.80 Å². The number of piperidine rings is 1. The number of fused-ring (bicyclic) bond motifs is 1. The Balaban J connectivity index is 1.76. The van der Waals surface area contributed by atoms with E-state index in [1.54, 1.807) is 22.8 Å². The van der Waals surface area contributed by atoms with Crippen LogP contribution in [-0.2, 0) is 0 Å². The minimum absolute atomic E-state index is 0.0537. The topological polar surface area (TPSA) is 72.5 Å². The fourth-order valence-corrected chi connectivity index (χ4v) is 3.87. The first kappa shape index (κ1) is 16.7. The molecule has 24 heavy (non-hydrogen) atoms. The first-order valence-corrected chi connectivity index (χ1v) is 8.64. The van der Waals surface area contributed by atoms with Gasteiger partial charge in [-0.05, 0) is 45.2 Å². The van der Waals surface area contributed by atoms with Gasteiger partial charge in [-0.15, -0.1) is 5.10 Å². The highest BCUT2D eigenvalue weighted by Gasteiger charge is 2.37. The molecule has 0 amide bonds. The van der Waals surface area contributed by atoms with Gasteiger partial charge in [0.15, 0.2) is 0 Å². The molecule has 7 heteroatoms. The molecule has 3 rings (SSSR count). The van der Waals surface area contributed by atoms with Crippen molar-refractivity contribution in [2.24, 2.45) is 0 Å². The van der Waals surface area contributed by atoms with Crippen LogP contribution >= 0.6 is 0 Å². The number of aromatic nitrogens is 2. The van der Waals surface area contributed by atoms with Crippen molar-refractivity contribution in [3.05, 3.63) is 34.5 Å². The normalized spacial score (nSPS) is 27.3. The fourth-order valence-electron chi connectivity index (χ4n) is 3.87. The lowest BCUT2D eigenvalue weighted by molar-refractivity contribution is -0.956.